The van der Waals surface area contributed by atoms with E-state index in [2.05, 4.69) is 141 Å². The van der Waals surface area contributed by atoms with Crippen LogP contribution < -0.4 is 43.1 Å². The molecule has 4 aromatic carbocycles. The maximum absolute atomic E-state index is 2.31. The summed E-state index contributed by atoms with van der Waals surface area (Å²) in [6.07, 6.45) is 16.9. The van der Waals surface area contributed by atoms with Crippen LogP contribution in [0.1, 0.15) is 30.4 Å². The third-order valence-electron chi connectivity index (χ3n) is 7.18. The second-order valence-corrected chi connectivity index (χ2v) is 10.1. The van der Waals surface area contributed by atoms with E-state index in [0.29, 0.717) is 0 Å². The van der Waals surface area contributed by atoms with E-state index in [9.17, 15) is 0 Å². The molecule has 0 spiro atoms. The summed E-state index contributed by atoms with van der Waals surface area (Å²) in [6.45, 7) is 3.95. The van der Waals surface area contributed by atoms with Crippen LogP contribution in [0.25, 0.3) is 21.5 Å². The summed E-state index contributed by atoms with van der Waals surface area (Å²) in [6, 6.07) is 30.6. The second kappa shape index (κ2) is 13.7. The Balaban J connectivity index is 0.00000176. The predicted molar refractivity (Wildman–Crippen MR) is 149 cm³/mol. The molecule has 0 aliphatic rings. The van der Waals surface area contributed by atoms with Crippen LogP contribution in [0, 0.1) is 0 Å². The first-order chi connectivity index (χ1) is 18.3. The molecular weight excluding hydrogens is 612 g/mol. The first kappa shape index (κ1) is 28.8. The number of rotatable bonds is 10. The summed E-state index contributed by atoms with van der Waals surface area (Å²) >= 11 is 0. The van der Waals surface area contributed by atoms with Crippen molar-refractivity contribution in [1.82, 2.24) is 9.13 Å². The number of hydrogen-bond donors (Lipinski definition) is 0. The third-order valence-corrected chi connectivity index (χ3v) is 7.18. The monoisotopic (exact) mass is 644 g/mol. The molecule has 0 saturated heterocycles. The lowest BCUT2D eigenvalue weighted by Crippen LogP contribution is -3.00. The van der Waals surface area contributed by atoms with Crippen LogP contribution in [0.5, 0.6) is 0 Å². The molecule has 200 valence electrons. The Bertz CT molecular complexity index is 1510. The highest BCUT2D eigenvalue weighted by atomic mass is 79.9. The molecule has 6 aromatic rings. The Morgan fingerprint density at radius 2 is 0.923 bits per heavy atom. The van der Waals surface area contributed by atoms with E-state index in [1.165, 1.54) is 51.9 Å². The smallest absolute Gasteiger partial charge is 0.244 e. The molecule has 0 N–H and O–H groups in total. The molecule has 0 fully saturated rings. The molecule has 0 atom stereocenters. The molecule has 2 heterocycles. The van der Waals surface area contributed by atoms with Gasteiger partial charge in [-0.3, -0.25) is 0 Å². The summed E-state index contributed by atoms with van der Waals surface area (Å²) in [4.78, 5) is 0. The fraction of sp³-hybridized carbons (Fsp3) is 0.212. The minimum absolute atomic E-state index is 0. The number of halogens is 2. The lowest BCUT2D eigenvalue weighted by atomic mass is 10.1. The van der Waals surface area contributed by atoms with Gasteiger partial charge in [0.15, 0.2) is 0 Å². The number of unbranched alkanes of at least 4 members (excludes halogenated alkanes) is 2. The van der Waals surface area contributed by atoms with E-state index in [1.807, 2.05) is 0 Å². The van der Waals surface area contributed by atoms with E-state index in [0.717, 1.165) is 26.2 Å². The van der Waals surface area contributed by atoms with Crippen molar-refractivity contribution in [3.8, 4) is 0 Å². The van der Waals surface area contributed by atoms with Crippen molar-refractivity contribution in [3.63, 3.8) is 0 Å². The lowest BCUT2D eigenvalue weighted by molar-refractivity contribution is -0.688. The SMILES string of the molecule is [Br-].[Br-].c1ccc2cc(C[n+]3ccn(CCCCCn4cc[n+](Cc5ccc6ccccc6c5)c4)c3)ccc2c1. The van der Waals surface area contributed by atoms with E-state index in [-0.39, 0.29) is 34.0 Å². The Morgan fingerprint density at radius 1 is 0.487 bits per heavy atom. The summed E-state index contributed by atoms with van der Waals surface area (Å²) < 4.78 is 9.18. The van der Waals surface area contributed by atoms with Gasteiger partial charge in [0.1, 0.15) is 37.9 Å². The molecule has 0 saturated carbocycles. The van der Waals surface area contributed by atoms with Crippen LogP contribution in [0.3, 0.4) is 0 Å². The van der Waals surface area contributed by atoms with Crippen molar-refractivity contribution in [2.24, 2.45) is 0 Å². The Morgan fingerprint density at radius 3 is 1.38 bits per heavy atom. The molecule has 0 amide bonds. The molecular formula is C33H34Br2N4. The first-order valence-electron chi connectivity index (χ1n) is 13.3. The van der Waals surface area contributed by atoms with Crippen LogP contribution in [0.15, 0.2) is 122 Å². The zero-order valence-corrected chi connectivity index (χ0v) is 25.2. The Kier molecular flexibility index (Phi) is 10.1. The number of fused-ring (bicyclic) bond motifs is 2. The molecule has 0 unspecified atom stereocenters. The second-order valence-electron chi connectivity index (χ2n) is 10.1. The minimum atomic E-state index is 0. The topological polar surface area (TPSA) is 17.6 Å². The van der Waals surface area contributed by atoms with Crippen molar-refractivity contribution in [2.75, 3.05) is 0 Å². The van der Waals surface area contributed by atoms with Crippen molar-refractivity contribution < 1.29 is 43.1 Å². The molecule has 0 aliphatic carbocycles. The van der Waals surface area contributed by atoms with Crippen molar-refractivity contribution >= 4 is 21.5 Å². The van der Waals surface area contributed by atoms with Crippen molar-refractivity contribution in [1.29, 1.82) is 0 Å². The van der Waals surface area contributed by atoms with E-state index >= 15 is 0 Å². The molecule has 39 heavy (non-hydrogen) atoms. The summed E-state index contributed by atoms with van der Waals surface area (Å²) in [7, 11) is 0. The summed E-state index contributed by atoms with van der Waals surface area (Å²) in [5, 5.41) is 5.21. The fourth-order valence-corrected chi connectivity index (χ4v) is 5.19. The number of aromatic nitrogens is 4. The summed E-state index contributed by atoms with van der Waals surface area (Å²) in [5.41, 5.74) is 2.68. The maximum Gasteiger partial charge on any atom is 0.244 e. The van der Waals surface area contributed by atoms with Crippen LogP contribution in [-0.4, -0.2) is 9.13 Å². The number of nitrogens with zero attached hydrogens (tertiary/aromatic N) is 4. The zero-order chi connectivity index (χ0) is 24.9. The minimum Gasteiger partial charge on any atom is -1.00 e. The van der Waals surface area contributed by atoms with Gasteiger partial charge in [0.2, 0.25) is 12.7 Å². The maximum atomic E-state index is 2.31. The van der Waals surface area contributed by atoms with Gasteiger partial charge in [-0.15, -0.1) is 0 Å². The Labute approximate surface area is 251 Å². The molecule has 2 aromatic heterocycles. The fourth-order valence-electron chi connectivity index (χ4n) is 5.19. The number of imidazole rings is 2. The molecule has 4 nitrogen and oxygen atoms in total. The van der Waals surface area contributed by atoms with E-state index in [1.54, 1.807) is 0 Å². The largest absolute Gasteiger partial charge is 1.00 e. The van der Waals surface area contributed by atoms with Gasteiger partial charge in [0, 0.05) is 0 Å². The first-order valence-corrected chi connectivity index (χ1v) is 13.3. The van der Waals surface area contributed by atoms with Gasteiger partial charge in [-0.2, -0.15) is 0 Å². The van der Waals surface area contributed by atoms with Crippen LogP contribution in [-0.2, 0) is 26.2 Å². The molecule has 0 bridgehead atoms. The highest BCUT2D eigenvalue weighted by Crippen LogP contribution is 2.16. The van der Waals surface area contributed by atoms with Gasteiger partial charge in [-0.05, 0) is 64.1 Å². The van der Waals surface area contributed by atoms with Crippen molar-refractivity contribution in [2.45, 2.75) is 45.4 Å². The van der Waals surface area contributed by atoms with Gasteiger partial charge in [0.25, 0.3) is 0 Å². The summed E-state index contributed by atoms with van der Waals surface area (Å²) in [5.74, 6) is 0. The molecule has 0 radical (unpaired) electrons. The van der Waals surface area contributed by atoms with E-state index in [4.69, 9.17) is 0 Å². The highest BCUT2D eigenvalue weighted by molar-refractivity contribution is 5.83. The number of benzene rings is 4. The molecule has 0 aliphatic heterocycles. The molecule has 6 heteroatoms. The van der Waals surface area contributed by atoms with E-state index < -0.39 is 0 Å². The number of aryl methyl sites for hydroxylation is 2. The number of hydrogen-bond acceptors (Lipinski definition) is 0. The van der Waals surface area contributed by atoms with Gasteiger partial charge < -0.3 is 34.0 Å². The van der Waals surface area contributed by atoms with Gasteiger partial charge >= 0.3 is 0 Å². The van der Waals surface area contributed by atoms with Crippen LogP contribution >= 0.6 is 0 Å². The van der Waals surface area contributed by atoms with Crippen molar-refractivity contribution in [3.05, 3.63) is 133 Å². The van der Waals surface area contributed by atoms with Gasteiger partial charge in [0.05, 0.1) is 13.1 Å². The normalized spacial score (nSPS) is 10.9. The van der Waals surface area contributed by atoms with Gasteiger partial charge in [-0.25, -0.2) is 18.3 Å². The van der Waals surface area contributed by atoms with Crippen LogP contribution in [0.2, 0.25) is 0 Å². The van der Waals surface area contributed by atoms with Crippen LogP contribution in [0.4, 0.5) is 0 Å². The predicted octanol–water partition coefficient (Wildman–Crippen LogP) is 0.146. The standard InChI is InChI=1S/C33H34N4.2BrH/c1(6-16-34-18-20-36(26-34)24-28-12-14-30-8-2-4-10-32(30)22-28)7-17-35-19-21-37(27-35)25-29-13-15-31-9-3-5-11-33(31)23-29;;/h2-5,8-15,18-23,26-27H,1,6-7,16-17,24-25H2;2*1H/q+2;;/p-2. The zero-order valence-electron chi connectivity index (χ0n) is 22.0. The lowest BCUT2D eigenvalue weighted by Gasteiger charge is -2.02. The van der Waals surface area contributed by atoms with Gasteiger partial charge in [-0.1, -0.05) is 72.8 Å². The highest BCUT2D eigenvalue weighted by Gasteiger charge is 2.08. The average Bonchev–Trinajstić information content (AvgIpc) is 3.57. The quantitative estimate of drug-likeness (QED) is 0.149. The third kappa shape index (κ3) is 7.46. The molecule has 6 rings (SSSR count). The Hall–Kier alpha value is -3.22. The average molecular weight is 646 g/mol.